The largest absolute Gasteiger partial charge is 0.458 e. The highest BCUT2D eigenvalue weighted by molar-refractivity contribution is 5.91. The van der Waals surface area contributed by atoms with Crippen molar-refractivity contribution in [3.05, 3.63) is 77.9 Å². The van der Waals surface area contributed by atoms with Gasteiger partial charge in [-0.05, 0) is 56.9 Å². The van der Waals surface area contributed by atoms with Crippen molar-refractivity contribution in [1.29, 1.82) is 0 Å². The van der Waals surface area contributed by atoms with Crippen LogP contribution in [0.4, 0.5) is 4.79 Å². The van der Waals surface area contributed by atoms with Crippen LogP contribution in [-0.2, 0) is 25.5 Å². The zero-order chi connectivity index (χ0) is 27.5. The summed E-state index contributed by atoms with van der Waals surface area (Å²) in [5.41, 5.74) is 3.03. The highest BCUT2D eigenvalue weighted by Gasteiger charge is 2.37. The number of hydrogen-bond acceptors (Lipinski definition) is 6. The highest BCUT2D eigenvalue weighted by atomic mass is 16.6. The number of carbonyl (C=O) groups excluding carboxylic acids is 3. The average molecular weight is 519 g/mol. The van der Waals surface area contributed by atoms with E-state index in [0.29, 0.717) is 5.69 Å². The third-order valence-electron chi connectivity index (χ3n) is 6.28. The van der Waals surface area contributed by atoms with Crippen molar-refractivity contribution in [1.82, 2.24) is 20.6 Å². The molecule has 9 heteroatoms. The summed E-state index contributed by atoms with van der Waals surface area (Å²) in [6.07, 6.45) is 2.45. The lowest BCUT2D eigenvalue weighted by Gasteiger charge is -2.30. The first kappa shape index (κ1) is 26.9. The Morgan fingerprint density at radius 3 is 2.13 bits per heavy atom. The van der Waals surface area contributed by atoms with Crippen molar-refractivity contribution >= 4 is 18.0 Å². The molecule has 4 rings (SSSR count). The summed E-state index contributed by atoms with van der Waals surface area (Å²) in [6, 6.07) is 15.1. The third kappa shape index (κ3) is 6.22. The Hall–Kier alpha value is -4.14. The number of nitrogens with one attached hydrogen (secondary N) is 3. The van der Waals surface area contributed by atoms with Crippen molar-refractivity contribution in [3.63, 3.8) is 0 Å². The number of alkyl carbamates (subject to hydrolysis) is 1. The smallest absolute Gasteiger partial charge is 0.407 e. The van der Waals surface area contributed by atoms with Crippen molar-refractivity contribution in [2.45, 2.75) is 64.1 Å². The Kier molecular flexibility index (Phi) is 7.57. The molecule has 0 unspecified atom stereocenters. The van der Waals surface area contributed by atoms with Gasteiger partial charge in [0.05, 0.1) is 6.33 Å². The van der Waals surface area contributed by atoms with Crippen molar-refractivity contribution in [3.8, 4) is 11.1 Å². The lowest BCUT2D eigenvalue weighted by atomic mass is 9.98. The van der Waals surface area contributed by atoms with E-state index in [1.807, 2.05) is 36.4 Å². The predicted molar refractivity (Wildman–Crippen MR) is 142 cm³/mol. The Bertz CT molecular complexity index is 1270. The molecule has 3 N–H and O–H groups in total. The van der Waals surface area contributed by atoms with Crippen LogP contribution >= 0.6 is 0 Å². The second-order valence-electron chi connectivity index (χ2n) is 10.9. The molecule has 1 aromatic heterocycles. The van der Waals surface area contributed by atoms with E-state index in [1.54, 1.807) is 40.8 Å². The van der Waals surface area contributed by atoms with Gasteiger partial charge in [-0.25, -0.2) is 14.6 Å². The van der Waals surface area contributed by atoms with Gasteiger partial charge in [-0.1, -0.05) is 48.5 Å². The summed E-state index contributed by atoms with van der Waals surface area (Å²) in [5.74, 6) is -1.25. The lowest BCUT2D eigenvalue weighted by molar-refractivity contribution is -0.163. The molecule has 1 heterocycles. The van der Waals surface area contributed by atoms with Gasteiger partial charge >= 0.3 is 12.1 Å². The zero-order valence-corrected chi connectivity index (χ0v) is 22.3. The van der Waals surface area contributed by atoms with Gasteiger partial charge in [-0.2, -0.15) is 0 Å². The van der Waals surface area contributed by atoms with Gasteiger partial charge in [0.2, 0.25) is 5.91 Å². The molecule has 9 nitrogen and oxygen atoms in total. The predicted octanol–water partition coefficient (Wildman–Crippen LogP) is 4.10. The summed E-state index contributed by atoms with van der Waals surface area (Å²) in [6.45, 7) is 8.48. The number of aromatic nitrogens is 2. The number of carbonyl (C=O) groups is 3. The first-order valence-electron chi connectivity index (χ1n) is 12.6. The Morgan fingerprint density at radius 1 is 0.974 bits per heavy atom. The molecule has 0 aliphatic heterocycles. The minimum atomic E-state index is -1.32. The third-order valence-corrected chi connectivity index (χ3v) is 6.28. The van der Waals surface area contributed by atoms with Crippen molar-refractivity contribution in [2.24, 2.45) is 0 Å². The number of amides is 2. The summed E-state index contributed by atoms with van der Waals surface area (Å²) in [7, 11) is 0. The molecule has 0 fully saturated rings. The van der Waals surface area contributed by atoms with Crippen LogP contribution in [0.3, 0.4) is 0 Å². The molecule has 2 aromatic carbocycles. The molecule has 0 radical (unpaired) electrons. The van der Waals surface area contributed by atoms with Gasteiger partial charge in [0.25, 0.3) is 0 Å². The minimum Gasteiger partial charge on any atom is -0.458 e. The minimum absolute atomic E-state index is 0.112. The van der Waals surface area contributed by atoms with Crippen molar-refractivity contribution in [2.75, 3.05) is 6.61 Å². The number of esters is 1. The number of rotatable bonds is 8. The average Bonchev–Trinajstić information content (AvgIpc) is 3.47. The molecular weight excluding hydrogens is 484 g/mol. The zero-order valence-electron chi connectivity index (χ0n) is 22.3. The first-order valence-corrected chi connectivity index (χ1v) is 12.6. The second-order valence-corrected chi connectivity index (χ2v) is 10.9. The standard InChI is InChI=1S/C29H34N4O5/c1-28(2,3)38-26(35)29(4,5)33-25(34)24(14-18-15-30-17-31-18)32-27(36)37-16-23-21-12-8-6-10-19(21)20-11-7-9-13-22(20)23/h6-13,15,17,23-24H,14,16H2,1-5H3,(H,30,31)(H,32,36)(H,33,34)/t24-/m0/s1. The fourth-order valence-corrected chi connectivity index (χ4v) is 4.46. The van der Waals surface area contributed by atoms with E-state index in [2.05, 4.69) is 32.7 Å². The SMILES string of the molecule is CC(C)(C)OC(=O)C(C)(C)NC(=O)[C@H](Cc1cnc[nH]1)NC(=O)OCC1c2ccccc2-c2ccccc21. The molecule has 0 saturated carbocycles. The maximum Gasteiger partial charge on any atom is 0.407 e. The van der Waals surface area contributed by atoms with Gasteiger partial charge in [0, 0.05) is 24.2 Å². The molecule has 2 amide bonds. The summed E-state index contributed by atoms with van der Waals surface area (Å²) >= 11 is 0. The fourth-order valence-electron chi connectivity index (χ4n) is 4.46. The van der Waals surface area contributed by atoms with Crippen molar-refractivity contribution < 1.29 is 23.9 Å². The van der Waals surface area contributed by atoms with Crippen LogP contribution in [-0.4, -0.2) is 51.7 Å². The number of benzene rings is 2. The number of imidazole rings is 1. The molecule has 3 aromatic rings. The lowest BCUT2D eigenvalue weighted by Crippen LogP contribution is -2.58. The van der Waals surface area contributed by atoms with Crippen LogP contribution < -0.4 is 10.6 Å². The molecule has 1 aliphatic carbocycles. The van der Waals surface area contributed by atoms with E-state index in [-0.39, 0.29) is 18.9 Å². The molecule has 1 aliphatic rings. The Labute approximate surface area is 222 Å². The first-order chi connectivity index (χ1) is 17.9. The molecule has 1 atom stereocenters. The fraction of sp³-hybridized carbons (Fsp3) is 0.379. The number of nitrogens with zero attached hydrogens (tertiary/aromatic N) is 1. The van der Waals surface area contributed by atoms with Gasteiger partial charge in [0.1, 0.15) is 23.8 Å². The van der Waals surface area contributed by atoms with Gasteiger partial charge in [-0.3, -0.25) is 4.79 Å². The molecule has 0 saturated heterocycles. The van der Waals surface area contributed by atoms with Crippen LogP contribution in [0.15, 0.2) is 61.1 Å². The number of H-pyrrole nitrogens is 1. The Morgan fingerprint density at radius 2 is 1.58 bits per heavy atom. The second kappa shape index (κ2) is 10.7. The number of fused-ring (bicyclic) bond motifs is 3. The van der Waals surface area contributed by atoms with Crippen LogP contribution in [0.5, 0.6) is 0 Å². The van der Waals surface area contributed by atoms with E-state index in [9.17, 15) is 14.4 Å². The van der Waals surface area contributed by atoms with E-state index >= 15 is 0 Å². The summed E-state index contributed by atoms with van der Waals surface area (Å²) in [5, 5.41) is 5.37. The van der Waals surface area contributed by atoms with Gasteiger partial charge in [0.15, 0.2) is 0 Å². The highest BCUT2D eigenvalue weighted by Crippen LogP contribution is 2.44. The monoisotopic (exact) mass is 518 g/mol. The van der Waals surface area contributed by atoms with E-state index < -0.39 is 35.2 Å². The Balaban J connectivity index is 1.45. The molecule has 200 valence electrons. The van der Waals surface area contributed by atoms with E-state index in [4.69, 9.17) is 9.47 Å². The summed E-state index contributed by atoms with van der Waals surface area (Å²) < 4.78 is 11.1. The van der Waals surface area contributed by atoms with Gasteiger partial charge in [-0.15, -0.1) is 0 Å². The number of aromatic amines is 1. The maximum absolute atomic E-state index is 13.3. The number of ether oxygens (including phenoxy) is 2. The quantitative estimate of drug-likeness (QED) is 0.386. The normalized spacial score (nSPS) is 13.7. The van der Waals surface area contributed by atoms with Crippen LogP contribution in [0.25, 0.3) is 11.1 Å². The molecule has 0 spiro atoms. The van der Waals surface area contributed by atoms with E-state index in [1.165, 1.54) is 6.33 Å². The molecular formula is C29H34N4O5. The number of hydrogen-bond donors (Lipinski definition) is 3. The maximum atomic E-state index is 13.3. The van der Waals surface area contributed by atoms with Crippen LogP contribution in [0.2, 0.25) is 0 Å². The van der Waals surface area contributed by atoms with Gasteiger partial charge < -0.3 is 25.1 Å². The van der Waals surface area contributed by atoms with E-state index in [0.717, 1.165) is 22.3 Å². The molecule has 38 heavy (non-hydrogen) atoms. The molecule has 0 bridgehead atoms. The topological polar surface area (TPSA) is 122 Å². The van der Waals surface area contributed by atoms with Crippen LogP contribution in [0, 0.1) is 0 Å². The summed E-state index contributed by atoms with van der Waals surface area (Å²) in [4.78, 5) is 45.8. The van der Waals surface area contributed by atoms with Crippen LogP contribution in [0.1, 0.15) is 57.4 Å².